The highest BCUT2D eigenvalue weighted by Crippen LogP contribution is 2.07. The van der Waals surface area contributed by atoms with Crippen LogP contribution in [-0.4, -0.2) is 16.4 Å². The largest absolute Gasteiger partial charge is 0.508 e. The Bertz CT molecular complexity index is 567. The maximum absolute atomic E-state index is 9.14. The number of nitrogens with one attached hydrogen (secondary N) is 2. The van der Waals surface area contributed by atoms with Crippen LogP contribution in [0.25, 0.3) is 0 Å². The quantitative estimate of drug-likeness (QED) is 0.456. The van der Waals surface area contributed by atoms with Gasteiger partial charge in [0.15, 0.2) is 5.11 Å². The van der Waals surface area contributed by atoms with Gasteiger partial charge in [0.1, 0.15) is 5.75 Å². The van der Waals surface area contributed by atoms with E-state index in [9.17, 15) is 0 Å². The molecule has 19 heavy (non-hydrogen) atoms. The third-order valence-electron chi connectivity index (χ3n) is 2.30. The molecular weight excluding hydrogens is 258 g/mol. The average Bonchev–Trinajstić information content (AvgIpc) is 2.42. The van der Waals surface area contributed by atoms with Gasteiger partial charge in [-0.2, -0.15) is 5.10 Å². The predicted octanol–water partition coefficient (Wildman–Crippen LogP) is 2.71. The van der Waals surface area contributed by atoms with Gasteiger partial charge < -0.3 is 10.4 Å². The number of hydrogen-bond acceptors (Lipinski definition) is 3. The van der Waals surface area contributed by atoms with Crippen molar-refractivity contribution in [2.45, 2.75) is 0 Å². The van der Waals surface area contributed by atoms with Gasteiger partial charge in [0.25, 0.3) is 0 Å². The second-order valence-electron chi connectivity index (χ2n) is 3.78. The van der Waals surface area contributed by atoms with Gasteiger partial charge in [-0.05, 0) is 54.2 Å². The number of aromatic hydroxyl groups is 1. The molecule has 0 heterocycles. The standard InChI is InChI=1S/C14H13N3OS/c18-13-8-6-11(7-9-13)10-15-17-14(19)16-12-4-2-1-3-5-12/h1-10,18H,(H2,16,17,19)/b15-10-. The normalized spacial score (nSPS) is 10.3. The molecule has 0 fully saturated rings. The van der Waals surface area contributed by atoms with Crippen molar-refractivity contribution in [3.63, 3.8) is 0 Å². The first-order chi connectivity index (χ1) is 9.24. The molecule has 2 aromatic carbocycles. The Hall–Kier alpha value is -2.40. The zero-order valence-electron chi connectivity index (χ0n) is 10.1. The van der Waals surface area contributed by atoms with Gasteiger partial charge >= 0.3 is 0 Å². The Morgan fingerprint density at radius 1 is 1.05 bits per heavy atom. The van der Waals surface area contributed by atoms with Crippen LogP contribution in [0.5, 0.6) is 5.75 Å². The number of hydrazone groups is 1. The molecule has 0 aromatic heterocycles. The van der Waals surface area contributed by atoms with Gasteiger partial charge in [0.2, 0.25) is 0 Å². The number of anilines is 1. The molecule has 0 saturated heterocycles. The number of para-hydroxylation sites is 1. The number of benzene rings is 2. The zero-order valence-corrected chi connectivity index (χ0v) is 10.9. The highest BCUT2D eigenvalue weighted by molar-refractivity contribution is 7.80. The van der Waals surface area contributed by atoms with Crippen LogP contribution in [0.3, 0.4) is 0 Å². The molecule has 0 aliphatic carbocycles. The SMILES string of the molecule is Oc1ccc(/C=N\NC(=S)Nc2ccccc2)cc1. The van der Waals surface area contributed by atoms with E-state index < -0.39 is 0 Å². The first-order valence-corrected chi connectivity index (χ1v) is 6.09. The minimum absolute atomic E-state index is 0.228. The monoisotopic (exact) mass is 271 g/mol. The number of phenolic OH excluding ortho intramolecular Hbond substituents is 1. The lowest BCUT2D eigenvalue weighted by atomic mass is 10.2. The fourth-order valence-corrected chi connectivity index (χ4v) is 1.58. The average molecular weight is 271 g/mol. The van der Waals surface area contributed by atoms with Gasteiger partial charge in [-0.3, -0.25) is 5.43 Å². The summed E-state index contributed by atoms with van der Waals surface area (Å²) < 4.78 is 0. The Balaban J connectivity index is 1.85. The van der Waals surface area contributed by atoms with Crippen molar-refractivity contribution in [1.82, 2.24) is 5.43 Å². The molecule has 0 bridgehead atoms. The van der Waals surface area contributed by atoms with E-state index in [1.165, 1.54) is 0 Å². The van der Waals surface area contributed by atoms with Crippen LogP contribution in [0.4, 0.5) is 5.69 Å². The van der Waals surface area contributed by atoms with E-state index in [1.54, 1.807) is 30.5 Å². The summed E-state index contributed by atoms with van der Waals surface area (Å²) >= 11 is 5.10. The molecule has 4 nitrogen and oxygen atoms in total. The molecule has 0 atom stereocenters. The Labute approximate surface area is 116 Å². The minimum Gasteiger partial charge on any atom is -0.508 e. The third kappa shape index (κ3) is 4.40. The first-order valence-electron chi connectivity index (χ1n) is 5.68. The summed E-state index contributed by atoms with van der Waals surface area (Å²) in [5, 5.41) is 16.6. The fraction of sp³-hybridized carbons (Fsp3) is 0. The molecule has 2 rings (SSSR count). The first kappa shape index (κ1) is 13.0. The number of thiocarbonyl (C=S) groups is 1. The van der Waals surface area contributed by atoms with E-state index in [2.05, 4.69) is 15.8 Å². The van der Waals surface area contributed by atoms with E-state index >= 15 is 0 Å². The molecule has 0 aliphatic heterocycles. The summed E-state index contributed by atoms with van der Waals surface area (Å²) in [6.45, 7) is 0. The van der Waals surface area contributed by atoms with Crippen molar-refractivity contribution in [3.05, 3.63) is 60.2 Å². The molecule has 0 radical (unpaired) electrons. The number of rotatable bonds is 3. The highest BCUT2D eigenvalue weighted by atomic mass is 32.1. The van der Waals surface area contributed by atoms with Crippen molar-refractivity contribution in [2.24, 2.45) is 5.10 Å². The summed E-state index contributed by atoms with van der Waals surface area (Å²) in [5.41, 5.74) is 4.49. The summed E-state index contributed by atoms with van der Waals surface area (Å²) in [7, 11) is 0. The molecule has 96 valence electrons. The number of phenols is 1. The molecule has 0 aliphatic rings. The second-order valence-corrected chi connectivity index (χ2v) is 4.19. The maximum Gasteiger partial charge on any atom is 0.191 e. The topological polar surface area (TPSA) is 56.7 Å². The smallest absolute Gasteiger partial charge is 0.191 e. The molecule has 0 amide bonds. The van der Waals surface area contributed by atoms with Crippen molar-refractivity contribution in [2.75, 3.05) is 5.32 Å². The van der Waals surface area contributed by atoms with E-state index in [-0.39, 0.29) is 5.75 Å². The summed E-state index contributed by atoms with van der Waals surface area (Å²) in [6.07, 6.45) is 1.62. The van der Waals surface area contributed by atoms with Crippen LogP contribution < -0.4 is 10.7 Å². The van der Waals surface area contributed by atoms with Crippen LogP contribution in [0, 0.1) is 0 Å². The predicted molar refractivity (Wildman–Crippen MR) is 81.5 cm³/mol. The van der Waals surface area contributed by atoms with Crippen molar-refractivity contribution < 1.29 is 5.11 Å². The van der Waals surface area contributed by atoms with E-state index in [4.69, 9.17) is 17.3 Å². The lowest BCUT2D eigenvalue weighted by Gasteiger charge is -2.06. The molecule has 5 heteroatoms. The maximum atomic E-state index is 9.14. The lowest BCUT2D eigenvalue weighted by molar-refractivity contribution is 0.475. The Morgan fingerprint density at radius 3 is 2.42 bits per heavy atom. The van der Waals surface area contributed by atoms with Crippen molar-refractivity contribution in [3.8, 4) is 5.75 Å². The zero-order chi connectivity index (χ0) is 13.5. The van der Waals surface area contributed by atoms with E-state index in [0.717, 1.165) is 11.3 Å². The van der Waals surface area contributed by atoms with Gasteiger partial charge in [0.05, 0.1) is 6.21 Å². The van der Waals surface area contributed by atoms with Gasteiger partial charge in [-0.1, -0.05) is 18.2 Å². The van der Waals surface area contributed by atoms with Gasteiger partial charge in [-0.25, -0.2) is 0 Å². The Morgan fingerprint density at radius 2 is 1.74 bits per heavy atom. The highest BCUT2D eigenvalue weighted by Gasteiger charge is 1.94. The van der Waals surface area contributed by atoms with E-state index in [0.29, 0.717) is 5.11 Å². The second kappa shape index (κ2) is 6.51. The number of hydrogen-bond donors (Lipinski definition) is 3. The van der Waals surface area contributed by atoms with Crippen LogP contribution in [0.2, 0.25) is 0 Å². The van der Waals surface area contributed by atoms with Crippen LogP contribution in [0.15, 0.2) is 59.7 Å². The fourth-order valence-electron chi connectivity index (χ4n) is 1.41. The molecule has 3 N–H and O–H groups in total. The van der Waals surface area contributed by atoms with Crippen molar-refractivity contribution >= 4 is 29.2 Å². The molecule has 2 aromatic rings. The number of nitrogens with zero attached hydrogens (tertiary/aromatic N) is 1. The Kier molecular flexibility index (Phi) is 4.47. The van der Waals surface area contributed by atoms with Gasteiger partial charge in [0, 0.05) is 5.69 Å². The van der Waals surface area contributed by atoms with Crippen LogP contribution in [0.1, 0.15) is 5.56 Å². The molecule has 0 saturated carbocycles. The lowest BCUT2D eigenvalue weighted by Crippen LogP contribution is -2.23. The summed E-state index contributed by atoms with van der Waals surface area (Å²) in [6, 6.07) is 16.3. The van der Waals surface area contributed by atoms with E-state index in [1.807, 2.05) is 30.3 Å². The molecular formula is C14H13N3OS. The molecule has 0 unspecified atom stereocenters. The van der Waals surface area contributed by atoms with Crippen LogP contribution in [-0.2, 0) is 0 Å². The minimum atomic E-state index is 0.228. The molecule has 0 spiro atoms. The van der Waals surface area contributed by atoms with Crippen molar-refractivity contribution in [1.29, 1.82) is 0 Å². The van der Waals surface area contributed by atoms with Gasteiger partial charge in [-0.15, -0.1) is 0 Å². The summed E-state index contributed by atoms with van der Waals surface area (Å²) in [5.74, 6) is 0.228. The summed E-state index contributed by atoms with van der Waals surface area (Å²) in [4.78, 5) is 0. The third-order valence-corrected chi connectivity index (χ3v) is 2.50. The van der Waals surface area contributed by atoms with Crippen LogP contribution >= 0.6 is 12.2 Å².